The summed E-state index contributed by atoms with van der Waals surface area (Å²) in [5.74, 6) is -0.398. The molecule has 54 heavy (non-hydrogen) atoms. The van der Waals surface area contributed by atoms with Crippen LogP contribution in [0.25, 0.3) is 0 Å². The van der Waals surface area contributed by atoms with Crippen molar-refractivity contribution < 1.29 is 43.0 Å². The number of aliphatic hydroxyl groups excluding tert-OH is 2. The molecule has 3 N–H and O–H groups in total. The molecule has 0 rings (SSSR count). The van der Waals surface area contributed by atoms with Gasteiger partial charge in [0, 0.05) is 13.0 Å². The second kappa shape index (κ2) is 40.8. The van der Waals surface area contributed by atoms with Crippen LogP contribution in [-0.2, 0) is 27.9 Å². The minimum Gasteiger partial charge on any atom is -0.457 e. The first-order chi connectivity index (χ1) is 26.3. The molecule has 0 aromatic rings. The number of esters is 1. The van der Waals surface area contributed by atoms with Crippen LogP contribution in [0.15, 0.2) is 60.8 Å². The molecule has 0 radical (unpaired) electrons. The molecule has 0 amide bonds. The van der Waals surface area contributed by atoms with Crippen LogP contribution in [0.4, 0.5) is 0 Å². The Balaban J connectivity index is 4.13. The van der Waals surface area contributed by atoms with E-state index < -0.39 is 39.2 Å². The number of phosphoric acid groups is 1. The molecule has 0 saturated heterocycles. The maximum atomic E-state index is 12.6. The van der Waals surface area contributed by atoms with E-state index in [1.165, 1.54) is 51.4 Å². The van der Waals surface area contributed by atoms with Crippen LogP contribution in [0.2, 0.25) is 0 Å². The number of unbranched alkanes of at least 4 members (excludes halogenated alkanes) is 16. The molecule has 3 unspecified atom stereocenters. The SMILES string of the molecule is CC/C=C\C/C=C\C/C=C\C/C=C\CCCCCCCCCCCOCC(COP(=O)(O)OCC(O)CO)OC(=O)CCCCCCC/C=C\CCCC. The maximum Gasteiger partial charge on any atom is 0.472 e. The van der Waals surface area contributed by atoms with Crippen molar-refractivity contribution in [3.63, 3.8) is 0 Å². The minimum absolute atomic E-state index is 0.0394. The second-order valence-electron chi connectivity index (χ2n) is 14.0. The van der Waals surface area contributed by atoms with Crippen molar-refractivity contribution in [1.29, 1.82) is 0 Å². The molecule has 314 valence electrons. The minimum atomic E-state index is -4.52. The van der Waals surface area contributed by atoms with E-state index >= 15 is 0 Å². The maximum absolute atomic E-state index is 12.6. The Morgan fingerprint density at radius 3 is 1.61 bits per heavy atom. The molecule has 0 heterocycles. The zero-order chi connectivity index (χ0) is 39.6. The van der Waals surface area contributed by atoms with Crippen molar-refractivity contribution in [2.45, 2.75) is 180 Å². The highest BCUT2D eigenvalue weighted by atomic mass is 31.2. The number of hydrogen-bond donors (Lipinski definition) is 3. The van der Waals surface area contributed by atoms with E-state index in [1.807, 2.05) is 0 Å². The van der Waals surface area contributed by atoms with Gasteiger partial charge in [-0.1, -0.05) is 152 Å². The van der Waals surface area contributed by atoms with Crippen LogP contribution in [0.1, 0.15) is 168 Å². The highest BCUT2D eigenvalue weighted by Crippen LogP contribution is 2.43. The van der Waals surface area contributed by atoms with Crippen molar-refractivity contribution in [2.24, 2.45) is 0 Å². The molecule has 0 spiro atoms. The average molecular weight is 783 g/mol. The van der Waals surface area contributed by atoms with E-state index in [1.54, 1.807) is 0 Å². The summed E-state index contributed by atoms with van der Waals surface area (Å²) in [6, 6.07) is 0. The zero-order valence-corrected chi connectivity index (χ0v) is 35.1. The largest absolute Gasteiger partial charge is 0.472 e. The van der Waals surface area contributed by atoms with E-state index in [-0.39, 0.29) is 19.6 Å². The first-order valence-electron chi connectivity index (χ1n) is 21.3. The first kappa shape index (κ1) is 52.2. The molecule has 10 heteroatoms. The Morgan fingerprint density at radius 2 is 1.06 bits per heavy atom. The number of aliphatic hydroxyl groups is 2. The van der Waals surface area contributed by atoms with Crippen LogP contribution >= 0.6 is 7.82 Å². The van der Waals surface area contributed by atoms with Crippen LogP contribution in [0.3, 0.4) is 0 Å². The lowest BCUT2D eigenvalue weighted by atomic mass is 10.1. The highest BCUT2D eigenvalue weighted by molar-refractivity contribution is 7.47. The molecular weight excluding hydrogens is 703 g/mol. The van der Waals surface area contributed by atoms with E-state index in [0.29, 0.717) is 13.0 Å². The number of hydrogen-bond acceptors (Lipinski definition) is 8. The average Bonchev–Trinajstić information content (AvgIpc) is 3.16. The van der Waals surface area contributed by atoms with Crippen molar-refractivity contribution in [3.8, 4) is 0 Å². The molecule has 0 aliphatic rings. The number of rotatable bonds is 40. The van der Waals surface area contributed by atoms with Crippen molar-refractivity contribution >= 4 is 13.8 Å². The molecule has 0 aliphatic heterocycles. The lowest BCUT2D eigenvalue weighted by molar-refractivity contribution is -0.154. The Bertz CT molecular complexity index is 1020. The van der Waals surface area contributed by atoms with Gasteiger partial charge >= 0.3 is 13.8 Å². The van der Waals surface area contributed by atoms with Crippen molar-refractivity contribution in [2.75, 3.05) is 33.0 Å². The lowest BCUT2D eigenvalue weighted by Crippen LogP contribution is -2.29. The second-order valence-corrected chi connectivity index (χ2v) is 15.4. The molecule has 9 nitrogen and oxygen atoms in total. The van der Waals surface area contributed by atoms with E-state index in [0.717, 1.165) is 89.9 Å². The normalized spacial score (nSPS) is 14.7. The van der Waals surface area contributed by atoms with Gasteiger partial charge in [0.25, 0.3) is 0 Å². The van der Waals surface area contributed by atoms with Gasteiger partial charge in [-0.05, 0) is 70.6 Å². The summed E-state index contributed by atoms with van der Waals surface area (Å²) in [6.45, 7) is 3.33. The highest BCUT2D eigenvalue weighted by Gasteiger charge is 2.26. The van der Waals surface area contributed by atoms with Gasteiger partial charge in [0.05, 0.1) is 26.4 Å². The van der Waals surface area contributed by atoms with Gasteiger partial charge in [0.2, 0.25) is 0 Å². The third kappa shape index (κ3) is 39.8. The van der Waals surface area contributed by atoms with E-state index in [4.69, 9.17) is 23.6 Å². The number of ether oxygens (including phenoxy) is 2. The number of carbonyl (C=O) groups is 1. The van der Waals surface area contributed by atoms with Crippen molar-refractivity contribution in [1.82, 2.24) is 0 Å². The molecule has 0 saturated carbocycles. The van der Waals surface area contributed by atoms with Gasteiger partial charge in [-0.25, -0.2) is 4.57 Å². The summed E-state index contributed by atoms with van der Waals surface area (Å²) in [5, 5.41) is 18.3. The standard InChI is InChI=1S/C44H79O9P/c1-3-5-7-9-11-13-15-16-17-18-19-20-21-22-23-24-25-27-29-31-33-35-37-50-40-43(41-52-54(48,49)51-39-42(46)38-45)53-44(47)36-34-32-30-28-26-14-12-10-8-6-4-2/h5,7,10-13,16-17,19-20,42-43,45-46H,3-4,6,8-9,14-15,18,21-41H2,1-2H3,(H,48,49)/b7-5-,12-10-,13-11-,17-16-,20-19-. The van der Waals surface area contributed by atoms with Gasteiger partial charge in [0.15, 0.2) is 0 Å². The molecule has 0 aromatic heterocycles. The van der Waals surface area contributed by atoms with Gasteiger partial charge in [-0.15, -0.1) is 0 Å². The summed E-state index contributed by atoms with van der Waals surface area (Å²) in [4.78, 5) is 22.5. The Labute approximate surface area is 330 Å². The van der Waals surface area contributed by atoms with Crippen LogP contribution < -0.4 is 0 Å². The van der Waals surface area contributed by atoms with Crippen LogP contribution in [0.5, 0.6) is 0 Å². The fourth-order valence-electron chi connectivity index (χ4n) is 5.44. The first-order valence-corrected chi connectivity index (χ1v) is 22.8. The Kier molecular flexibility index (Phi) is 39.4. The van der Waals surface area contributed by atoms with Crippen LogP contribution in [0, 0.1) is 0 Å². The van der Waals surface area contributed by atoms with Crippen LogP contribution in [-0.4, -0.2) is 66.3 Å². The molecule has 0 aliphatic carbocycles. The van der Waals surface area contributed by atoms with E-state index in [2.05, 4.69) is 74.6 Å². The zero-order valence-electron chi connectivity index (χ0n) is 34.2. The molecule has 0 fully saturated rings. The molecular formula is C44H79O9P. The predicted octanol–water partition coefficient (Wildman–Crippen LogP) is 11.6. The molecule has 0 aromatic carbocycles. The van der Waals surface area contributed by atoms with Crippen molar-refractivity contribution in [3.05, 3.63) is 60.8 Å². The number of allylic oxidation sites excluding steroid dienone is 10. The fourth-order valence-corrected chi connectivity index (χ4v) is 6.23. The van der Waals surface area contributed by atoms with E-state index in [9.17, 15) is 19.4 Å². The lowest BCUT2D eigenvalue weighted by Gasteiger charge is -2.20. The summed E-state index contributed by atoms with van der Waals surface area (Å²) in [7, 11) is -4.52. The monoisotopic (exact) mass is 783 g/mol. The summed E-state index contributed by atoms with van der Waals surface area (Å²) >= 11 is 0. The van der Waals surface area contributed by atoms with Gasteiger partial charge in [-0.3, -0.25) is 13.8 Å². The predicted molar refractivity (Wildman–Crippen MR) is 223 cm³/mol. The third-order valence-corrected chi connectivity index (χ3v) is 9.64. The fraction of sp³-hybridized carbons (Fsp3) is 0.750. The summed E-state index contributed by atoms with van der Waals surface area (Å²) in [6.07, 6.45) is 46.1. The van der Waals surface area contributed by atoms with Gasteiger partial charge in [0.1, 0.15) is 12.2 Å². The van der Waals surface area contributed by atoms with Gasteiger partial charge in [-0.2, -0.15) is 0 Å². The quantitative estimate of drug-likeness (QED) is 0.0240. The summed E-state index contributed by atoms with van der Waals surface area (Å²) < 4.78 is 33.3. The molecule has 0 bridgehead atoms. The topological polar surface area (TPSA) is 132 Å². The Hall–Kier alpha value is -1.84. The third-order valence-electron chi connectivity index (χ3n) is 8.69. The smallest absolute Gasteiger partial charge is 0.457 e. The van der Waals surface area contributed by atoms with Gasteiger partial charge < -0.3 is 24.6 Å². The molecule has 3 atom stereocenters. The summed E-state index contributed by atoms with van der Waals surface area (Å²) in [5.41, 5.74) is 0. The Morgan fingerprint density at radius 1 is 0.593 bits per heavy atom. The number of phosphoric ester groups is 1. The number of carbonyl (C=O) groups excluding carboxylic acids is 1.